The molecule has 0 spiro atoms. The number of nitrogens with zero attached hydrogens (tertiary/aromatic N) is 2. The smallest absolute Gasteiger partial charge is 0.378 e. The molecule has 2 aromatic heterocycles. The van der Waals surface area contributed by atoms with Gasteiger partial charge in [0.15, 0.2) is 5.82 Å². The van der Waals surface area contributed by atoms with Gasteiger partial charge in [-0.2, -0.15) is 4.57 Å². The van der Waals surface area contributed by atoms with Gasteiger partial charge in [-0.25, -0.2) is 9.89 Å². The van der Waals surface area contributed by atoms with Crippen LogP contribution in [0.1, 0.15) is 56.0 Å². The van der Waals surface area contributed by atoms with E-state index in [1.807, 2.05) is 20.8 Å². The Bertz CT molecular complexity index is 1020. The van der Waals surface area contributed by atoms with E-state index in [0.29, 0.717) is 30.9 Å². The van der Waals surface area contributed by atoms with E-state index >= 15 is 0 Å². The zero-order valence-electron chi connectivity index (χ0n) is 15.7. The molecule has 2 amide bonds. The Balaban J connectivity index is 1.98. The maximum atomic E-state index is 13.0. The molecule has 1 aliphatic heterocycles. The summed E-state index contributed by atoms with van der Waals surface area (Å²) in [5.41, 5.74) is 0.0978. The number of aryl methyl sites for hydroxylation is 1. The van der Waals surface area contributed by atoms with Gasteiger partial charge < -0.3 is 15.7 Å². The third kappa shape index (κ3) is 3.07. The molecule has 4 rings (SSSR count). The molecule has 9 nitrogen and oxygen atoms in total. The summed E-state index contributed by atoms with van der Waals surface area (Å²) >= 11 is 0. The second kappa shape index (κ2) is 5.83. The van der Waals surface area contributed by atoms with Gasteiger partial charge in [-0.15, -0.1) is 0 Å². The van der Waals surface area contributed by atoms with Crippen LogP contribution in [0.15, 0.2) is 4.79 Å². The Kier molecular flexibility index (Phi) is 3.79. The standard InChI is InChI=1S/C18H23N5O4/c1-18(2,3)8-22-15-10-6-7-11(24)20-13(10)21-23(15)17(27)12(16(22)26)14(25)19-9-4-5-9/h9H,4-8H2,1-3H3,(H3,19,20,21,24,25,26,27)/p+1. The first-order valence-corrected chi connectivity index (χ1v) is 9.19. The average molecular weight is 374 g/mol. The molecule has 2 aromatic rings. The number of aromatic amines is 1. The molecule has 1 aliphatic carbocycles. The van der Waals surface area contributed by atoms with Crippen molar-refractivity contribution in [2.75, 3.05) is 5.32 Å². The maximum absolute atomic E-state index is 13.0. The first-order chi connectivity index (χ1) is 12.7. The fourth-order valence-corrected chi connectivity index (χ4v) is 3.44. The van der Waals surface area contributed by atoms with Crippen molar-refractivity contribution in [3.05, 3.63) is 21.5 Å². The summed E-state index contributed by atoms with van der Waals surface area (Å²) in [5.74, 6) is -0.619. The first kappa shape index (κ1) is 17.6. The third-order valence-corrected chi connectivity index (χ3v) is 4.80. The molecule has 0 bridgehead atoms. The Labute approximate surface area is 155 Å². The first-order valence-electron chi connectivity index (χ1n) is 9.19. The number of H-pyrrole nitrogens is 1. The molecule has 0 unspecified atom stereocenters. The number of amides is 2. The van der Waals surface area contributed by atoms with Crippen molar-refractivity contribution in [2.24, 2.45) is 5.41 Å². The molecule has 1 fully saturated rings. The minimum Gasteiger partial charge on any atom is -0.477 e. The van der Waals surface area contributed by atoms with Crippen molar-refractivity contribution in [3.8, 4) is 5.88 Å². The second-order valence-electron chi connectivity index (χ2n) is 8.57. The van der Waals surface area contributed by atoms with Crippen LogP contribution >= 0.6 is 0 Å². The third-order valence-electron chi connectivity index (χ3n) is 4.80. The van der Waals surface area contributed by atoms with Gasteiger partial charge in [0, 0.05) is 12.5 Å². The lowest BCUT2D eigenvalue weighted by Crippen LogP contribution is -2.48. The highest BCUT2D eigenvalue weighted by molar-refractivity contribution is 5.96. The minimum atomic E-state index is -0.630. The van der Waals surface area contributed by atoms with E-state index in [2.05, 4.69) is 15.7 Å². The van der Waals surface area contributed by atoms with Crippen LogP contribution in [0.5, 0.6) is 5.88 Å². The summed E-state index contributed by atoms with van der Waals surface area (Å²) in [7, 11) is 0. The number of carbonyl (C=O) groups is 2. The highest BCUT2D eigenvalue weighted by Crippen LogP contribution is 2.27. The molecular weight excluding hydrogens is 350 g/mol. The predicted molar refractivity (Wildman–Crippen MR) is 96.8 cm³/mol. The highest BCUT2D eigenvalue weighted by Gasteiger charge is 2.37. The number of aromatic hydroxyl groups is 1. The van der Waals surface area contributed by atoms with Crippen molar-refractivity contribution in [1.82, 2.24) is 14.9 Å². The molecule has 2 aliphatic rings. The quantitative estimate of drug-likeness (QED) is 0.583. The lowest BCUT2D eigenvalue weighted by atomic mass is 9.96. The molecular formula is C18H24N5O4+. The topological polar surface area (TPSA) is 120 Å². The van der Waals surface area contributed by atoms with E-state index in [0.717, 1.165) is 18.4 Å². The molecule has 144 valence electrons. The van der Waals surface area contributed by atoms with Crippen molar-refractivity contribution in [3.63, 3.8) is 0 Å². The second-order valence-corrected chi connectivity index (χ2v) is 8.57. The van der Waals surface area contributed by atoms with Gasteiger partial charge >= 0.3 is 17.1 Å². The average Bonchev–Trinajstić information content (AvgIpc) is 3.28. The van der Waals surface area contributed by atoms with Gasteiger partial charge in [0.1, 0.15) is 0 Å². The molecule has 0 saturated heterocycles. The molecule has 0 aromatic carbocycles. The summed E-state index contributed by atoms with van der Waals surface area (Å²) in [6.45, 7) is 6.41. The van der Waals surface area contributed by atoms with Crippen LogP contribution in [-0.2, 0) is 17.8 Å². The fraction of sp³-hybridized carbons (Fsp3) is 0.556. The van der Waals surface area contributed by atoms with Crippen LogP contribution in [0.4, 0.5) is 5.82 Å². The van der Waals surface area contributed by atoms with Crippen molar-refractivity contribution in [1.29, 1.82) is 0 Å². The highest BCUT2D eigenvalue weighted by atomic mass is 16.3. The van der Waals surface area contributed by atoms with Gasteiger partial charge in [-0.3, -0.25) is 9.59 Å². The van der Waals surface area contributed by atoms with Crippen LogP contribution in [0, 0.1) is 5.41 Å². The van der Waals surface area contributed by atoms with Crippen LogP contribution < -0.4 is 20.8 Å². The molecule has 1 saturated carbocycles. The van der Waals surface area contributed by atoms with Crippen molar-refractivity contribution >= 4 is 23.3 Å². The van der Waals surface area contributed by atoms with E-state index in [1.165, 1.54) is 4.52 Å². The van der Waals surface area contributed by atoms with Crippen LogP contribution in [-0.4, -0.2) is 32.6 Å². The number of aromatic nitrogens is 3. The number of fused-ring (bicyclic) bond motifs is 3. The van der Waals surface area contributed by atoms with Crippen molar-refractivity contribution in [2.45, 2.75) is 59.0 Å². The Morgan fingerprint density at radius 3 is 2.63 bits per heavy atom. The molecule has 0 radical (unpaired) electrons. The van der Waals surface area contributed by atoms with Crippen molar-refractivity contribution < 1.29 is 19.3 Å². The maximum Gasteiger partial charge on any atom is 0.378 e. The fourth-order valence-electron chi connectivity index (χ4n) is 3.44. The van der Waals surface area contributed by atoms with E-state index in [-0.39, 0.29) is 28.8 Å². The summed E-state index contributed by atoms with van der Waals surface area (Å²) < 4.78 is 2.85. The molecule has 9 heteroatoms. The largest absolute Gasteiger partial charge is 0.477 e. The summed E-state index contributed by atoms with van der Waals surface area (Å²) in [5, 5.41) is 19.3. The van der Waals surface area contributed by atoms with Crippen LogP contribution in [0.25, 0.3) is 5.65 Å². The van der Waals surface area contributed by atoms with Gasteiger partial charge in [0.2, 0.25) is 11.5 Å². The van der Waals surface area contributed by atoms with Crippen LogP contribution in [0.2, 0.25) is 0 Å². The number of hydrogen-bond donors (Lipinski definition) is 4. The lowest BCUT2D eigenvalue weighted by Gasteiger charge is -2.18. The minimum absolute atomic E-state index is 0.0594. The number of anilines is 1. The number of hydrogen-bond acceptors (Lipinski definition) is 4. The number of nitrogens with one attached hydrogen (secondary N) is 3. The van der Waals surface area contributed by atoms with Gasteiger partial charge in [-0.1, -0.05) is 25.3 Å². The van der Waals surface area contributed by atoms with Gasteiger partial charge in [-0.05, 0) is 24.7 Å². The van der Waals surface area contributed by atoms with E-state index in [9.17, 15) is 19.5 Å². The van der Waals surface area contributed by atoms with Gasteiger partial charge in [0.25, 0.3) is 5.91 Å². The molecule has 0 atom stereocenters. The normalized spacial score (nSPS) is 16.9. The Morgan fingerprint density at radius 1 is 1.30 bits per heavy atom. The van der Waals surface area contributed by atoms with E-state index in [1.54, 1.807) is 4.57 Å². The Hall–Kier alpha value is -2.84. The summed E-state index contributed by atoms with van der Waals surface area (Å²) in [4.78, 5) is 37.3. The Morgan fingerprint density at radius 2 is 2.00 bits per heavy atom. The zero-order valence-corrected chi connectivity index (χ0v) is 15.7. The predicted octanol–water partition coefficient (Wildman–Crippen LogP) is 0.444. The van der Waals surface area contributed by atoms with Crippen LogP contribution in [0.3, 0.4) is 0 Å². The summed E-state index contributed by atoms with van der Waals surface area (Å²) in [6.07, 6.45) is 2.50. The van der Waals surface area contributed by atoms with E-state index in [4.69, 9.17) is 0 Å². The summed E-state index contributed by atoms with van der Waals surface area (Å²) in [6, 6.07) is 0.0594. The number of carbonyl (C=O) groups excluding carboxylic acids is 2. The number of rotatable bonds is 3. The van der Waals surface area contributed by atoms with E-state index < -0.39 is 11.5 Å². The van der Waals surface area contributed by atoms with Gasteiger partial charge in [0.05, 0.1) is 12.1 Å². The molecule has 4 N–H and O–H groups in total. The SMILES string of the molecule is CC(C)(C)C[n+]1c(O)c(C(=O)NC2CC2)c(=O)n2[nH]c3c(c21)CCC(=O)N3. The monoisotopic (exact) mass is 374 g/mol. The molecule has 27 heavy (non-hydrogen) atoms. The zero-order chi connectivity index (χ0) is 19.5. The lowest BCUT2D eigenvalue weighted by molar-refractivity contribution is -0.692. The molecule has 3 heterocycles.